The molecule has 2 aliphatic carbocycles. The number of anilines is 1. The van der Waals surface area contributed by atoms with Crippen molar-refractivity contribution in [3.63, 3.8) is 0 Å². The zero-order chi connectivity index (χ0) is 39.6. The average molecular weight is 766 g/mol. The van der Waals surface area contributed by atoms with E-state index in [1.807, 2.05) is 12.1 Å². The summed E-state index contributed by atoms with van der Waals surface area (Å²) in [5, 5.41) is 4.14. The highest BCUT2D eigenvalue weighted by molar-refractivity contribution is 6.08. The normalized spacial score (nSPS) is 19.4. The summed E-state index contributed by atoms with van der Waals surface area (Å²) in [5.41, 5.74) is 11.6. The van der Waals surface area contributed by atoms with Gasteiger partial charge < -0.3 is 14.4 Å². The molecule has 1 unspecified atom stereocenters. The zero-order valence-corrected chi connectivity index (χ0v) is 33.4. The SMILES string of the molecule is CCC1(CC)c2cc(F)ccc2-c2c1c1c(c3cc(F)ccc23)OC(c2ccc(N3CCOCC3)cc2)(c2ccc3c(c2)C(C)(C)c2c-3ccc3ccccc23)C=C1. The molecule has 2 heterocycles. The largest absolute Gasteiger partial charge is 0.472 e. The second-order valence-corrected chi connectivity index (χ2v) is 17.1. The Kier molecular flexibility index (Phi) is 7.69. The first-order chi connectivity index (χ1) is 28.2. The highest BCUT2D eigenvalue weighted by Crippen LogP contribution is 2.61. The van der Waals surface area contributed by atoms with Crippen molar-refractivity contribution in [1.29, 1.82) is 0 Å². The van der Waals surface area contributed by atoms with E-state index in [2.05, 4.69) is 124 Å². The average Bonchev–Trinajstić information content (AvgIpc) is 3.68. The van der Waals surface area contributed by atoms with Crippen molar-refractivity contribution in [2.75, 3.05) is 31.2 Å². The Labute approximate surface area is 338 Å². The monoisotopic (exact) mass is 765 g/mol. The first-order valence-corrected chi connectivity index (χ1v) is 20.8. The molecular formula is C53H45F2NO2. The van der Waals surface area contributed by atoms with Crippen LogP contribution in [-0.2, 0) is 21.2 Å². The van der Waals surface area contributed by atoms with Gasteiger partial charge in [-0.05, 0) is 122 Å². The van der Waals surface area contributed by atoms with Gasteiger partial charge in [-0.1, -0.05) is 107 Å². The molecule has 1 saturated heterocycles. The lowest BCUT2D eigenvalue weighted by molar-refractivity contribution is 0.122. The highest BCUT2D eigenvalue weighted by Gasteiger charge is 2.48. The summed E-state index contributed by atoms with van der Waals surface area (Å²) in [6.45, 7) is 12.1. The number of benzene rings is 7. The van der Waals surface area contributed by atoms with Crippen molar-refractivity contribution in [2.24, 2.45) is 0 Å². The van der Waals surface area contributed by atoms with E-state index in [1.54, 1.807) is 18.2 Å². The fraction of sp³-hybridized carbons (Fsp3) is 0.245. The van der Waals surface area contributed by atoms with Crippen LogP contribution in [0.1, 0.15) is 79.5 Å². The number of rotatable bonds is 5. The van der Waals surface area contributed by atoms with Crippen LogP contribution in [0.5, 0.6) is 5.75 Å². The lowest BCUT2D eigenvalue weighted by Gasteiger charge is -2.40. The van der Waals surface area contributed by atoms with Crippen molar-refractivity contribution >= 4 is 33.3 Å². The lowest BCUT2D eigenvalue weighted by atomic mass is 9.71. The number of nitrogens with zero attached hydrogens (tertiary/aromatic N) is 1. The molecule has 288 valence electrons. The molecule has 7 aromatic carbocycles. The first-order valence-electron chi connectivity index (χ1n) is 20.8. The van der Waals surface area contributed by atoms with E-state index in [9.17, 15) is 0 Å². The molecule has 0 spiro atoms. The van der Waals surface area contributed by atoms with Crippen LogP contribution in [0, 0.1) is 11.6 Å². The van der Waals surface area contributed by atoms with Crippen LogP contribution in [0.4, 0.5) is 14.5 Å². The Bertz CT molecular complexity index is 2880. The van der Waals surface area contributed by atoms with Gasteiger partial charge in [0, 0.05) is 51.7 Å². The molecule has 58 heavy (non-hydrogen) atoms. The third-order valence-corrected chi connectivity index (χ3v) is 14.1. The van der Waals surface area contributed by atoms with Gasteiger partial charge in [0.2, 0.25) is 0 Å². The van der Waals surface area contributed by atoms with Gasteiger partial charge >= 0.3 is 0 Å². The van der Waals surface area contributed by atoms with E-state index in [0.717, 1.165) is 75.9 Å². The minimum atomic E-state index is -1.05. The van der Waals surface area contributed by atoms with Crippen LogP contribution < -0.4 is 9.64 Å². The molecule has 0 N–H and O–H groups in total. The minimum Gasteiger partial charge on any atom is -0.472 e. The van der Waals surface area contributed by atoms with Gasteiger partial charge in [-0.25, -0.2) is 8.78 Å². The summed E-state index contributed by atoms with van der Waals surface area (Å²) in [7, 11) is 0. The van der Waals surface area contributed by atoms with Crippen molar-refractivity contribution in [3.05, 3.63) is 172 Å². The van der Waals surface area contributed by atoms with Gasteiger partial charge in [-0.3, -0.25) is 0 Å². The second kappa shape index (κ2) is 12.6. The van der Waals surface area contributed by atoms with Crippen LogP contribution in [-0.4, -0.2) is 26.3 Å². The fourth-order valence-corrected chi connectivity index (χ4v) is 11.2. The first kappa shape index (κ1) is 35.4. The van der Waals surface area contributed by atoms with Crippen LogP contribution in [0.25, 0.3) is 49.9 Å². The molecular weight excluding hydrogens is 721 g/mol. The van der Waals surface area contributed by atoms with Crippen LogP contribution in [0.15, 0.2) is 121 Å². The molecule has 0 radical (unpaired) electrons. The topological polar surface area (TPSA) is 21.7 Å². The summed E-state index contributed by atoms with van der Waals surface area (Å²) < 4.78 is 44.1. The predicted octanol–water partition coefficient (Wildman–Crippen LogP) is 12.8. The summed E-state index contributed by atoms with van der Waals surface area (Å²) >= 11 is 0. The molecule has 2 aliphatic heterocycles. The second-order valence-electron chi connectivity index (χ2n) is 17.1. The Morgan fingerprint density at radius 1 is 0.638 bits per heavy atom. The number of hydrogen-bond donors (Lipinski definition) is 0. The van der Waals surface area contributed by atoms with E-state index in [-0.39, 0.29) is 17.0 Å². The molecule has 7 aromatic rings. The van der Waals surface area contributed by atoms with Crippen LogP contribution in [0.3, 0.4) is 0 Å². The molecule has 11 rings (SSSR count). The maximum Gasteiger partial charge on any atom is 0.178 e. The molecule has 1 atom stereocenters. The Morgan fingerprint density at radius 2 is 1.34 bits per heavy atom. The number of halogens is 2. The number of ether oxygens (including phenoxy) is 2. The summed E-state index contributed by atoms with van der Waals surface area (Å²) in [5.74, 6) is 0.0803. The smallest absolute Gasteiger partial charge is 0.178 e. The maximum atomic E-state index is 15.6. The molecule has 3 nitrogen and oxygen atoms in total. The third-order valence-electron chi connectivity index (χ3n) is 14.1. The number of morpholine rings is 1. The van der Waals surface area contributed by atoms with Crippen molar-refractivity contribution in [2.45, 2.75) is 57.0 Å². The maximum absolute atomic E-state index is 15.6. The van der Waals surface area contributed by atoms with E-state index in [1.165, 1.54) is 39.1 Å². The quantitative estimate of drug-likeness (QED) is 0.174. The Balaban J connectivity index is 1.16. The van der Waals surface area contributed by atoms with Crippen molar-refractivity contribution in [1.82, 2.24) is 0 Å². The summed E-state index contributed by atoms with van der Waals surface area (Å²) in [6.07, 6.45) is 6.00. The van der Waals surface area contributed by atoms with Gasteiger partial charge in [-0.2, -0.15) is 0 Å². The molecule has 0 aromatic heterocycles. The number of hydrogen-bond acceptors (Lipinski definition) is 3. The predicted molar refractivity (Wildman–Crippen MR) is 232 cm³/mol. The van der Waals surface area contributed by atoms with Gasteiger partial charge in [0.05, 0.1) is 13.2 Å². The Hall–Kier alpha value is -5.78. The molecule has 5 heteroatoms. The standard InChI is InChI=1S/C53H45F2NO2/c1-5-52(6-2)46-31-36(55)16-22-42(46)47-40-21-15-35(54)30-44(40)50-43(49(47)52)23-24-53(58-50,33-12-17-37(18-13-33)56-25-27-57-28-26-56)34-14-20-39-41-19-11-32-9-7-8-10-38(32)48(41)51(3,4)45(39)29-34/h7-24,29-31H,5-6,25-28H2,1-4H3. The van der Waals surface area contributed by atoms with E-state index < -0.39 is 11.0 Å². The van der Waals surface area contributed by atoms with E-state index >= 15 is 8.78 Å². The van der Waals surface area contributed by atoms with Crippen LogP contribution in [0.2, 0.25) is 0 Å². The minimum absolute atomic E-state index is 0.247. The van der Waals surface area contributed by atoms with Gasteiger partial charge in [0.25, 0.3) is 0 Å². The van der Waals surface area contributed by atoms with E-state index in [0.29, 0.717) is 24.3 Å². The highest BCUT2D eigenvalue weighted by atomic mass is 19.1. The van der Waals surface area contributed by atoms with E-state index in [4.69, 9.17) is 9.47 Å². The Morgan fingerprint density at radius 3 is 2.14 bits per heavy atom. The molecule has 1 fully saturated rings. The fourth-order valence-electron chi connectivity index (χ4n) is 11.2. The van der Waals surface area contributed by atoms with Crippen molar-refractivity contribution < 1.29 is 18.3 Å². The summed E-state index contributed by atoms with van der Waals surface area (Å²) in [6, 6.07) is 39.0. The molecule has 4 aliphatic rings. The zero-order valence-electron chi connectivity index (χ0n) is 33.4. The number of fused-ring (bicyclic) bond motifs is 13. The molecule has 0 saturated carbocycles. The van der Waals surface area contributed by atoms with Crippen molar-refractivity contribution in [3.8, 4) is 28.0 Å². The summed E-state index contributed by atoms with van der Waals surface area (Å²) in [4.78, 5) is 2.36. The molecule has 0 amide bonds. The third kappa shape index (κ3) is 4.74. The lowest BCUT2D eigenvalue weighted by Crippen LogP contribution is -2.37. The van der Waals surface area contributed by atoms with Gasteiger partial charge in [-0.15, -0.1) is 0 Å². The van der Waals surface area contributed by atoms with Crippen LogP contribution >= 0.6 is 0 Å². The molecule has 0 bridgehead atoms. The van der Waals surface area contributed by atoms with Gasteiger partial charge in [0.15, 0.2) is 5.60 Å². The van der Waals surface area contributed by atoms with Gasteiger partial charge in [0.1, 0.15) is 17.4 Å².